The van der Waals surface area contributed by atoms with Crippen LogP contribution in [0, 0.1) is 6.92 Å². The van der Waals surface area contributed by atoms with Crippen LogP contribution >= 0.6 is 12.2 Å². The fourth-order valence-corrected chi connectivity index (χ4v) is 4.47. The standard InChI is InChI=1S/C23H31N3O4S2/c1-18-11-13-20(14-12-18)32(28,29)26-21(22(27)30-2)10-6-7-16-24-23(31)25-17-15-19-8-4-3-5-9-19/h3-5,8-9,11-14,21,26H,6-7,10,15-17H2,1-2H3,(H2,24,25,31). The highest BCUT2D eigenvalue weighted by molar-refractivity contribution is 7.89. The van der Waals surface area contributed by atoms with E-state index in [0.717, 1.165) is 24.9 Å². The third kappa shape index (κ3) is 8.94. The Labute approximate surface area is 196 Å². The number of sulfonamides is 1. The van der Waals surface area contributed by atoms with Gasteiger partial charge in [0.15, 0.2) is 5.11 Å². The lowest BCUT2D eigenvalue weighted by molar-refractivity contribution is -0.142. The lowest BCUT2D eigenvalue weighted by atomic mass is 10.1. The van der Waals surface area contributed by atoms with Gasteiger partial charge in [-0.3, -0.25) is 4.79 Å². The van der Waals surface area contributed by atoms with Gasteiger partial charge in [-0.15, -0.1) is 0 Å². The molecule has 0 aliphatic carbocycles. The minimum Gasteiger partial charge on any atom is -0.468 e. The number of methoxy groups -OCH3 is 1. The molecule has 0 spiro atoms. The van der Waals surface area contributed by atoms with Gasteiger partial charge < -0.3 is 15.4 Å². The Bertz CT molecular complexity index is 964. The van der Waals surface area contributed by atoms with E-state index in [9.17, 15) is 13.2 Å². The van der Waals surface area contributed by atoms with Crippen LogP contribution in [0.25, 0.3) is 0 Å². The Hall–Kier alpha value is -2.49. The van der Waals surface area contributed by atoms with Gasteiger partial charge in [0.1, 0.15) is 6.04 Å². The van der Waals surface area contributed by atoms with Crippen molar-refractivity contribution >= 4 is 33.3 Å². The Balaban J connectivity index is 1.72. The second-order valence-corrected chi connectivity index (χ2v) is 9.55. The first-order valence-electron chi connectivity index (χ1n) is 10.5. The molecule has 0 aliphatic rings. The Kier molecular flexibility index (Phi) is 10.6. The van der Waals surface area contributed by atoms with Crippen LogP contribution in [-0.2, 0) is 26.0 Å². The first kappa shape index (κ1) is 25.8. The van der Waals surface area contributed by atoms with Crippen molar-refractivity contribution in [2.24, 2.45) is 0 Å². The Morgan fingerprint density at radius 1 is 1.00 bits per heavy atom. The lowest BCUT2D eigenvalue weighted by Crippen LogP contribution is -2.41. The number of nitrogens with one attached hydrogen (secondary N) is 3. The van der Waals surface area contributed by atoms with Crippen molar-refractivity contribution in [2.75, 3.05) is 20.2 Å². The van der Waals surface area contributed by atoms with Gasteiger partial charge in [0.2, 0.25) is 10.0 Å². The van der Waals surface area contributed by atoms with Gasteiger partial charge in [-0.1, -0.05) is 48.0 Å². The minimum atomic E-state index is -3.82. The van der Waals surface area contributed by atoms with E-state index in [-0.39, 0.29) is 4.90 Å². The summed E-state index contributed by atoms with van der Waals surface area (Å²) in [4.78, 5) is 12.2. The average molecular weight is 478 g/mol. The Morgan fingerprint density at radius 2 is 1.66 bits per heavy atom. The van der Waals surface area contributed by atoms with E-state index in [4.69, 9.17) is 17.0 Å². The zero-order valence-corrected chi connectivity index (χ0v) is 20.1. The topological polar surface area (TPSA) is 96.5 Å². The van der Waals surface area contributed by atoms with Crippen molar-refractivity contribution in [2.45, 2.75) is 43.5 Å². The van der Waals surface area contributed by atoms with Gasteiger partial charge in [-0.25, -0.2) is 8.42 Å². The maximum Gasteiger partial charge on any atom is 0.323 e. The molecule has 0 aromatic heterocycles. The fourth-order valence-electron chi connectivity index (χ4n) is 3.04. The zero-order chi connectivity index (χ0) is 23.4. The molecular formula is C23H31N3O4S2. The van der Waals surface area contributed by atoms with E-state index in [1.54, 1.807) is 12.1 Å². The second kappa shape index (κ2) is 13.1. The van der Waals surface area contributed by atoms with Crippen molar-refractivity contribution in [3.05, 3.63) is 65.7 Å². The molecule has 0 saturated carbocycles. The monoisotopic (exact) mass is 477 g/mol. The first-order valence-corrected chi connectivity index (χ1v) is 12.4. The number of carbonyl (C=O) groups excluding carboxylic acids is 1. The fraction of sp³-hybridized carbons (Fsp3) is 0.391. The van der Waals surface area contributed by atoms with Crippen molar-refractivity contribution in [1.29, 1.82) is 0 Å². The summed E-state index contributed by atoms with van der Waals surface area (Å²) >= 11 is 5.28. The predicted octanol–water partition coefficient (Wildman–Crippen LogP) is 2.69. The van der Waals surface area contributed by atoms with E-state index in [1.165, 1.54) is 24.8 Å². The summed E-state index contributed by atoms with van der Waals surface area (Å²) in [5, 5.41) is 6.87. The third-order valence-electron chi connectivity index (χ3n) is 4.86. The van der Waals surface area contributed by atoms with Crippen LogP contribution in [0.15, 0.2) is 59.5 Å². The van der Waals surface area contributed by atoms with Gasteiger partial charge in [0.25, 0.3) is 0 Å². The van der Waals surface area contributed by atoms with Gasteiger partial charge in [-0.05, 0) is 62.5 Å². The molecular weight excluding hydrogens is 446 g/mol. The summed E-state index contributed by atoms with van der Waals surface area (Å²) in [6, 6.07) is 15.7. The lowest BCUT2D eigenvalue weighted by Gasteiger charge is -2.17. The minimum absolute atomic E-state index is 0.116. The smallest absolute Gasteiger partial charge is 0.323 e. The number of hydrogen-bond donors (Lipinski definition) is 3. The molecule has 2 aromatic rings. The van der Waals surface area contributed by atoms with Gasteiger partial charge in [-0.2, -0.15) is 4.72 Å². The summed E-state index contributed by atoms with van der Waals surface area (Å²) in [6.45, 7) is 3.23. The number of rotatable bonds is 12. The van der Waals surface area contributed by atoms with Crippen molar-refractivity contribution in [1.82, 2.24) is 15.4 Å². The SMILES string of the molecule is COC(=O)C(CCCCNC(=S)NCCc1ccccc1)NS(=O)(=O)c1ccc(C)cc1. The molecule has 0 fully saturated rings. The maximum absolute atomic E-state index is 12.6. The number of ether oxygens (including phenoxy) is 1. The quantitative estimate of drug-likeness (QED) is 0.246. The van der Waals surface area contributed by atoms with Gasteiger partial charge >= 0.3 is 5.97 Å². The van der Waals surface area contributed by atoms with Crippen molar-refractivity contribution in [3.8, 4) is 0 Å². The number of aryl methyl sites for hydroxylation is 1. The molecule has 3 N–H and O–H groups in total. The van der Waals surface area contributed by atoms with Crippen LogP contribution in [-0.4, -0.2) is 45.7 Å². The Morgan fingerprint density at radius 3 is 2.31 bits per heavy atom. The number of esters is 1. The van der Waals surface area contributed by atoms with E-state index in [0.29, 0.717) is 24.5 Å². The van der Waals surface area contributed by atoms with Gasteiger partial charge in [0.05, 0.1) is 12.0 Å². The summed E-state index contributed by atoms with van der Waals surface area (Å²) in [5.41, 5.74) is 2.19. The predicted molar refractivity (Wildman–Crippen MR) is 130 cm³/mol. The number of thiocarbonyl (C=S) groups is 1. The highest BCUT2D eigenvalue weighted by Gasteiger charge is 2.26. The van der Waals surface area contributed by atoms with E-state index < -0.39 is 22.0 Å². The molecule has 2 aromatic carbocycles. The molecule has 2 rings (SSSR count). The largest absolute Gasteiger partial charge is 0.468 e. The van der Waals surface area contributed by atoms with Crippen LogP contribution in [0.3, 0.4) is 0 Å². The third-order valence-corrected chi connectivity index (χ3v) is 6.64. The molecule has 32 heavy (non-hydrogen) atoms. The second-order valence-electron chi connectivity index (χ2n) is 7.42. The summed E-state index contributed by atoms with van der Waals surface area (Å²) in [7, 11) is -2.57. The zero-order valence-electron chi connectivity index (χ0n) is 18.5. The molecule has 1 unspecified atom stereocenters. The number of hydrogen-bond acceptors (Lipinski definition) is 5. The van der Waals surface area contributed by atoms with Gasteiger partial charge in [0, 0.05) is 13.1 Å². The summed E-state index contributed by atoms with van der Waals surface area (Å²) in [6.07, 6.45) is 2.55. The molecule has 1 atom stereocenters. The van der Waals surface area contributed by atoms with Crippen LogP contribution in [0.1, 0.15) is 30.4 Å². The van der Waals surface area contributed by atoms with Crippen molar-refractivity contribution in [3.63, 3.8) is 0 Å². The molecule has 9 heteroatoms. The molecule has 0 amide bonds. The maximum atomic E-state index is 12.6. The first-order chi connectivity index (χ1) is 15.3. The molecule has 0 aliphatic heterocycles. The molecule has 7 nitrogen and oxygen atoms in total. The number of unbranched alkanes of at least 4 members (excludes halogenated alkanes) is 1. The number of benzene rings is 2. The molecule has 0 heterocycles. The number of carbonyl (C=O) groups is 1. The average Bonchev–Trinajstić information content (AvgIpc) is 2.78. The van der Waals surface area contributed by atoms with Crippen LogP contribution in [0.5, 0.6) is 0 Å². The summed E-state index contributed by atoms with van der Waals surface area (Å²) in [5.74, 6) is -0.605. The summed E-state index contributed by atoms with van der Waals surface area (Å²) < 4.78 is 32.4. The van der Waals surface area contributed by atoms with E-state index >= 15 is 0 Å². The molecule has 0 saturated heterocycles. The van der Waals surface area contributed by atoms with E-state index in [2.05, 4.69) is 27.5 Å². The molecule has 0 radical (unpaired) electrons. The highest BCUT2D eigenvalue weighted by atomic mass is 32.2. The van der Waals surface area contributed by atoms with Crippen LogP contribution < -0.4 is 15.4 Å². The normalized spacial score (nSPS) is 12.1. The van der Waals surface area contributed by atoms with Crippen LogP contribution in [0.4, 0.5) is 0 Å². The van der Waals surface area contributed by atoms with E-state index in [1.807, 2.05) is 25.1 Å². The molecule has 0 bridgehead atoms. The van der Waals surface area contributed by atoms with Crippen molar-refractivity contribution < 1.29 is 17.9 Å². The van der Waals surface area contributed by atoms with Crippen LogP contribution in [0.2, 0.25) is 0 Å². The molecule has 174 valence electrons. The highest BCUT2D eigenvalue weighted by Crippen LogP contribution is 2.13.